The minimum absolute atomic E-state index is 0.00693. The van der Waals surface area contributed by atoms with E-state index in [9.17, 15) is 9.59 Å². The first-order valence-corrected chi connectivity index (χ1v) is 11.1. The molecule has 174 valence electrons. The van der Waals surface area contributed by atoms with Crippen molar-refractivity contribution < 1.29 is 14.3 Å². The van der Waals surface area contributed by atoms with Gasteiger partial charge in [-0.25, -0.2) is 4.98 Å². The van der Waals surface area contributed by atoms with Crippen molar-refractivity contribution in [1.29, 1.82) is 0 Å². The maximum Gasteiger partial charge on any atom is 0.262 e. The van der Waals surface area contributed by atoms with Gasteiger partial charge in [0.15, 0.2) is 5.82 Å². The summed E-state index contributed by atoms with van der Waals surface area (Å²) in [7, 11) is 3.05. The molecule has 1 aromatic carbocycles. The Bertz CT molecular complexity index is 1220. The summed E-state index contributed by atoms with van der Waals surface area (Å²) >= 11 is 0. The number of aromatic amines is 1. The van der Waals surface area contributed by atoms with Crippen LogP contribution in [-0.2, 0) is 4.79 Å². The van der Waals surface area contributed by atoms with E-state index in [4.69, 9.17) is 9.47 Å². The normalized spacial score (nSPS) is 14.5. The highest BCUT2D eigenvalue weighted by Gasteiger charge is 2.25. The third-order valence-electron chi connectivity index (χ3n) is 5.89. The molecule has 3 aromatic rings. The lowest BCUT2D eigenvalue weighted by atomic mass is 10.0. The van der Waals surface area contributed by atoms with Crippen molar-refractivity contribution in [2.24, 2.45) is 5.92 Å². The number of rotatable bonds is 6. The van der Waals surface area contributed by atoms with Gasteiger partial charge in [0.2, 0.25) is 5.91 Å². The Balaban J connectivity index is 1.63. The molecular formula is C24H29N5O4. The summed E-state index contributed by atoms with van der Waals surface area (Å²) < 4.78 is 10.7. The molecule has 0 atom stereocenters. The highest BCUT2D eigenvalue weighted by atomic mass is 16.5. The van der Waals surface area contributed by atoms with Crippen LogP contribution in [0.1, 0.15) is 26.7 Å². The molecule has 2 aromatic heterocycles. The van der Waals surface area contributed by atoms with Crippen molar-refractivity contribution in [3.05, 3.63) is 40.8 Å². The number of nitrogens with zero attached hydrogens (tertiary/aromatic N) is 3. The fourth-order valence-corrected chi connectivity index (χ4v) is 4.14. The van der Waals surface area contributed by atoms with Gasteiger partial charge in [0, 0.05) is 43.4 Å². The third-order valence-corrected chi connectivity index (χ3v) is 5.89. The molecular weight excluding hydrogens is 422 g/mol. The van der Waals surface area contributed by atoms with Crippen molar-refractivity contribution in [2.45, 2.75) is 32.7 Å². The summed E-state index contributed by atoms with van der Waals surface area (Å²) in [5.41, 5.74) is 1.48. The highest BCUT2D eigenvalue weighted by molar-refractivity contribution is 5.87. The number of hydrogen-bond donors (Lipinski definition) is 2. The van der Waals surface area contributed by atoms with Crippen molar-refractivity contribution in [3.8, 4) is 23.0 Å². The van der Waals surface area contributed by atoms with Gasteiger partial charge in [0.1, 0.15) is 22.6 Å². The fourth-order valence-electron chi connectivity index (χ4n) is 4.14. The van der Waals surface area contributed by atoms with Gasteiger partial charge in [0.05, 0.1) is 25.4 Å². The molecule has 0 saturated carbocycles. The molecule has 3 heterocycles. The van der Waals surface area contributed by atoms with Crippen LogP contribution in [0.15, 0.2) is 35.3 Å². The number of benzene rings is 1. The summed E-state index contributed by atoms with van der Waals surface area (Å²) in [5.74, 6) is 1.50. The van der Waals surface area contributed by atoms with Crippen LogP contribution in [0.5, 0.6) is 11.5 Å². The third kappa shape index (κ3) is 4.62. The topological polar surface area (TPSA) is 109 Å². The summed E-state index contributed by atoms with van der Waals surface area (Å²) in [6.45, 7) is 5.29. The minimum Gasteiger partial charge on any atom is -0.497 e. The predicted molar refractivity (Wildman–Crippen MR) is 127 cm³/mol. The molecule has 1 aliphatic heterocycles. The van der Waals surface area contributed by atoms with Gasteiger partial charge < -0.3 is 24.7 Å². The zero-order chi connectivity index (χ0) is 23.5. The first-order valence-electron chi connectivity index (χ1n) is 11.1. The average Bonchev–Trinajstić information content (AvgIpc) is 2.83. The molecule has 1 amide bonds. The van der Waals surface area contributed by atoms with Gasteiger partial charge in [-0.15, -0.1) is 0 Å². The SMILES string of the molecule is COc1cc(OC)c2c(=O)[nH]c(-c3ncccc3NC3CCN(C(=O)C(C)C)CC3)nc2c1. The number of likely N-dealkylation sites (tertiary alicyclic amines) is 1. The maximum absolute atomic E-state index is 12.9. The van der Waals surface area contributed by atoms with Crippen LogP contribution in [-0.4, -0.2) is 59.1 Å². The van der Waals surface area contributed by atoms with E-state index in [-0.39, 0.29) is 23.4 Å². The maximum atomic E-state index is 12.9. The molecule has 0 bridgehead atoms. The Labute approximate surface area is 192 Å². The Kier molecular flexibility index (Phi) is 6.48. The van der Waals surface area contributed by atoms with Crippen LogP contribution < -0.4 is 20.3 Å². The van der Waals surface area contributed by atoms with Crippen LogP contribution in [0.25, 0.3) is 22.4 Å². The standard InChI is InChI=1S/C24H29N5O4/c1-14(2)24(31)29-10-7-15(8-11-29)26-17-6-5-9-25-21(17)22-27-18-12-16(32-3)13-19(33-4)20(18)23(30)28-22/h5-6,9,12-15,26H,7-8,10-11H2,1-4H3,(H,27,28,30). The number of pyridine rings is 1. The molecule has 9 nitrogen and oxygen atoms in total. The number of amides is 1. The second-order valence-electron chi connectivity index (χ2n) is 8.44. The van der Waals surface area contributed by atoms with E-state index in [1.165, 1.54) is 7.11 Å². The van der Waals surface area contributed by atoms with Crippen molar-refractivity contribution in [3.63, 3.8) is 0 Å². The van der Waals surface area contributed by atoms with Crippen molar-refractivity contribution in [1.82, 2.24) is 19.9 Å². The number of fused-ring (bicyclic) bond motifs is 1. The number of H-pyrrole nitrogens is 1. The molecule has 1 saturated heterocycles. The van der Waals surface area contributed by atoms with E-state index in [1.807, 2.05) is 30.9 Å². The second-order valence-corrected chi connectivity index (χ2v) is 8.44. The fraction of sp³-hybridized carbons (Fsp3) is 0.417. The highest BCUT2D eigenvalue weighted by Crippen LogP contribution is 2.30. The number of aromatic nitrogens is 3. The minimum atomic E-state index is -0.313. The molecule has 1 fully saturated rings. The summed E-state index contributed by atoms with van der Waals surface area (Å²) in [4.78, 5) is 39.1. The van der Waals surface area contributed by atoms with Gasteiger partial charge in [-0.3, -0.25) is 14.6 Å². The van der Waals surface area contributed by atoms with E-state index in [2.05, 4.69) is 20.3 Å². The summed E-state index contributed by atoms with van der Waals surface area (Å²) in [6.07, 6.45) is 3.34. The smallest absolute Gasteiger partial charge is 0.262 e. The van der Waals surface area contributed by atoms with Gasteiger partial charge in [-0.2, -0.15) is 0 Å². The molecule has 1 aliphatic rings. The monoisotopic (exact) mass is 451 g/mol. The number of carbonyl (C=O) groups is 1. The molecule has 0 unspecified atom stereocenters. The van der Waals surface area contributed by atoms with Crippen LogP contribution in [0.2, 0.25) is 0 Å². The predicted octanol–water partition coefficient (Wildman–Crippen LogP) is 3.06. The Hall–Kier alpha value is -3.62. The largest absolute Gasteiger partial charge is 0.497 e. The quantitative estimate of drug-likeness (QED) is 0.593. The lowest BCUT2D eigenvalue weighted by Crippen LogP contribution is -2.44. The van der Waals surface area contributed by atoms with Crippen LogP contribution in [0, 0.1) is 5.92 Å². The van der Waals surface area contributed by atoms with E-state index in [1.54, 1.807) is 25.4 Å². The van der Waals surface area contributed by atoms with Crippen molar-refractivity contribution in [2.75, 3.05) is 32.6 Å². The molecule has 2 N–H and O–H groups in total. The number of methoxy groups -OCH3 is 2. The molecule has 0 aliphatic carbocycles. The first kappa shape index (κ1) is 22.6. The molecule has 33 heavy (non-hydrogen) atoms. The lowest BCUT2D eigenvalue weighted by molar-refractivity contribution is -0.135. The number of nitrogens with one attached hydrogen (secondary N) is 2. The zero-order valence-electron chi connectivity index (χ0n) is 19.3. The first-order chi connectivity index (χ1) is 15.9. The van der Waals surface area contributed by atoms with E-state index in [0.717, 1.165) is 31.6 Å². The Morgan fingerprint density at radius 2 is 1.97 bits per heavy atom. The zero-order valence-corrected chi connectivity index (χ0v) is 19.3. The van der Waals surface area contributed by atoms with E-state index >= 15 is 0 Å². The lowest BCUT2D eigenvalue weighted by Gasteiger charge is -2.34. The molecule has 9 heteroatoms. The van der Waals surface area contributed by atoms with Gasteiger partial charge in [-0.05, 0) is 25.0 Å². The molecule has 0 spiro atoms. The van der Waals surface area contributed by atoms with Crippen LogP contribution in [0.3, 0.4) is 0 Å². The molecule has 0 radical (unpaired) electrons. The molecule has 4 rings (SSSR count). The Morgan fingerprint density at radius 3 is 2.64 bits per heavy atom. The Morgan fingerprint density at radius 1 is 1.21 bits per heavy atom. The number of piperidine rings is 1. The number of ether oxygens (including phenoxy) is 2. The second kappa shape index (κ2) is 9.48. The summed E-state index contributed by atoms with van der Waals surface area (Å²) in [6, 6.07) is 7.31. The van der Waals surface area contributed by atoms with Gasteiger partial charge in [-0.1, -0.05) is 13.8 Å². The van der Waals surface area contributed by atoms with Gasteiger partial charge in [0.25, 0.3) is 5.56 Å². The van der Waals surface area contributed by atoms with Gasteiger partial charge >= 0.3 is 0 Å². The average molecular weight is 452 g/mol. The van der Waals surface area contributed by atoms with E-state index < -0.39 is 0 Å². The summed E-state index contributed by atoms with van der Waals surface area (Å²) in [5, 5.41) is 3.89. The number of hydrogen-bond acceptors (Lipinski definition) is 7. The van der Waals surface area contributed by atoms with Crippen LogP contribution >= 0.6 is 0 Å². The van der Waals surface area contributed by atoms with E-state index in [0.29, 0.717) is 33.9 Å². The number of anilines is 1. The number of carbonyl (C=O) groups excluding carboxylic acids is 1. The van der Waals surface area contributed by atoms with Crippen LogP contribution in [0.4, 0.5) is 5.69 Å². The van der Waals surface area contributed by atoms with Crippen molar-refractivity contribution >= 4 is 22.5 Å².